The Kier molecular flexibility index (Phi) is 7.17. The van der Waals surface area contributed by atoms with Crippen molar-refractivity contribution in [3.63, 3.8) is 0 Å². The molecule has 0 unspecified atom stereocenters. The molecule has 2 aromatic carbocycles. The molecule has 1 fully saturated rings. The number of benzene rings is 2. The molecule has 0 radical (unpaired) electrons. The number of fused-ring (bicyclic) bond motifs is 1. The minimum absolute atomic E-state index is 0.143. The van der Waals surface area contributed by atoms with E-state index >= 15 is 0 Å². The molecule has 1 N–H and O–H groups in total. The molecule has 170 valence electrons. The summed E-state index contributed by atoms with van der Waals surface area (Å²) in [6, 6.07) is 14.2. The molecule has 2 heterocycles. The van der Waals surface area contributed by atoms with Crippen LogP contribution in [0.3, 0.4) is 0 Å². The number of imidazole rings is 1. The SMILES string of the molecule is CSCc1nc2ccccc2n1CC(=O)Nc1ccc(S(=O)(=O)N2CCCCCC2)cc1. The summed E-state index contributed by atoms with van der Waals surface area (Å²) in [5.41, 5.74) is 2.36. The summed E-state index contributed by atoms with van der Waals surface area (Å²) in [7, 11) is -3.50. The highest BCUT2D eigenvalue weighted by atomic mass is 32.2. The van der Waals surface area contributed by atoms with Crippen LogP contribution in [0.5, 0.6) is 0 Å². The lowest BCUT2D eigenvalue weighted by atomic mass is 10.2. The summed E-state index contributed by atoms with van der Waals surface area (Å²) in [5.74, 6) is 1.39. The van der Waals surface area contributed by atoms with E-state index < -0.39 is 10.0 Å². The van der Waals surface area contributed by atoms with Gasteiger partial charge in [0.1, 0.15) is 12.4 Å². The normalized spacial score (nSPS) is 15.5. The Morgan fingerprint density at radius 3 is 2.41 bits per heavy atom. The first-order chi connectivity index (χ1) is 15.5. The van der Waals surface area contributed by atoms with Crippen molar-refractivity contribution in [3.8, 4) is 0 Å². The standard InChI is InChI=1S/C23H28N4O3S2/c1-31-17-22-25-20-8-4-5-9-21(20)27(22)16-23(28)24-18-10-12-19(13-11-18)32(29,30)26-14-6-2-3-7-15-26/h4-5,8-13H,2-3,6-7,14-17H2,1H3,(H,24,28). The van der Waals surface area contributed by atoms with E-state index in [9.17, 15) is 13.2 Å². The van der Waals surface area contributed by atoms with Gasteiger partial charge in [-0.15, -0.1) is 0 Å². The topological polar surface area (TPSA) is 84.3 Å². The van der Waals surface area contributed by atoms with E-state index in [0.717, 1.165) is 42.5 Å². The third kappa shape index (κ3) is 5.00. The van der Waals surface area contributed by atoms with Crippen molar-refractivity contribution < 1.29 is 13.2 Å². The molecule has 1 amide bonds. The second-order valence-corrected chi connectivity index (χ2v) is 10.7. The number of aromatic nitrogens is 2. The molecular formula is C23H28N4O3S2. The van der Waals surface area contributed by atoms with Gasteiger partial charge in [-0.05, 0) is 55.5 Å². The lowest BCUT2D eigenvalue weighted by Crippen LogP contribution is -2.31. The van der Waals surface area contributed by atoms with Crippen LogP contribution in [0.1, 0.15) is 31.5 Å². The molecule has 0 saturated carbocycles. The molecule has 4 rings (SSSR count). The maximum atomic E-state index is 12.9. The zero-order valence-corrected chi connectivity index (χ0v) is 19.8. The van der Waals surface area contributed by atoms with Crippen molar-refractivity contribution in [1.82, 2.24) is 13.9 Å². The summed E-state index contributed by atoms with van der Waals surface area (Å²) in [6.07, 6.45) is 5.94. The summed E-state index contributed by atoms with van der Waals surface area (Å²) >= 11 is 1.66. The van der Waals surface area contributed by atoms with Gasteiger partial charge >= 0.3 is 0 Å². The molecule has 1 saturated heterocycles. The van der Waals surface area contributed by atoms with Gasteiger partial charge in [-0.1, -0.05) is 25.0 Å². The van der Waals surface area contributed by atoms with Crippen LogP contribution in [0, 0.1) is 0 Å². The van der Waals surface area contributed by atoms with Crippen molar-refractivity contribution in [2.24, 2.45) is 0 Å². The summed E-state index contributed by atoms with van der Waals surface area (Å²) in [4.78, 5) is 17.7. The first-order valence-corrected chi connectivity index (χ1v) is 13.7. The van der Waals surface area contributed by atoms with E-state index in [1.165, 1.54) is 0 Å². The number of carbonyl (C=O) groups is 1. The maximum absolute atomic E-state index is 12.9. The minimum atomic E-state index is -3.50. The van der Waals surface area contributed by atoms with Crippen LogP contribution in [0.4, 0.5) is 5.69 Å². The lowest BCUT2D eigenvalue weighted by molar-refractivity contribution is -0.116. The molecule has 0 bridgehead atoms. The van der Waals surface area contributed by atoms with Crippen LogP contribution >= 0.6 is 11.8 Å². The third-order valence-corrected chi connectivity index (χ3v) is 8.11. The molecule has 0 aliphatic carbocycles. The Bertz CT molecular complexity index is 1180. The molecule has 1 aliphatic heterocycles. The molecule has 7 nitrogen and oxygen atoms in total. The number of amides is 1. The molecule has 1 aromatic heterocycles. The number of sulfonamides is 1. The van der Waals surface area contributed by atoms with Crippen molar-refractivity contribution in [2.45, 2.75) is 42.9 Å². The average Bonchev–Trinajstić information content (AvgIpc) is 2.95. The Hall–Kier alpha value is -2.36. The van der Waals surface area contributed by atoms with Gasteiger partial charge in [0.2, 0.25) is 15.9 Å². The predicted octanol–water partition coefficient (Wildman–Crippen LogP) is 4.10. The van der Waals surface area contributed by atoms with E-state index in [1.807, 2.05) is 35.1 Å². The van der Waals surface area contributed by atoms with E-state index in [0.29, 0.717) is 24.5 Å². The monoisotopic (exact) mass is 472 g/mol. The van der Waals surface area contributed by atoms with Crippen LogP contribution in [0.2, 0.25) is 0 Å². The van der Waals surface area contributed by atoms with Gasteiger partial charge in [0.15, 0.2) is 0 Å². The van der Waals surface area contributed by atoms with Crippen LogP contribution in [0.15, 0.2) is 53.4 Å². The highest BCUT2D eigenvalue weighted by Gasteiger charge is 2.25. The molecule has 3 aromatic rings. The number of anilines is 1. The number of hydrogen-bond acceptors (Lipinski definition) is 5. The van der Waals surface area contributed by atoms with E-state index in [-0.39, 0.29) is 17.3 Å². The fourth-order valence-electron chi connectivity index (χ4n) is 4.03. The number of nitrogens with one attached hydrogen (secondary N) is 1. The molecule has 32 heavy (non-hydrogen) atoms. The number of para-hydroxylation sites is 2. The fraction of sp³-hybridized carbons (Fsp3) is 0.391. The Labute approximate surface area is 193 Å². The van der Waals surface area contributed by atoms with Gasteiger partial charge < -0.3 is 9.88 Å². The van der Waals surface area contributed by atoms with Crippen LogP contribution in [-0.4, -0.2) is 47.5 Å². The van der Waals surface area contributed by atoms with Gasteiger partial charge in [0, 0.05) is 18.8 Å². The quantitative estimate of drug-likeness (QED) is 0.560. The zero-order valence-electron chi connectivity index (χ0n) is 18.2. The number of hydrogen-bond donors (Lipinski definition) is 1. The summed E-state index contributed by atoms with van der Waals surface area (Å²) in [5, 5.41) is 2.88. The van der Waals surface area contributed by atoms with Gasteiger partial charge in [0.05, 0.1) is 21.7 Å². The molecular weight excluding hydrogens is 444 g/mol. The van der Waals surface area contributed by atoms with Crippen molar-refractivity contribution in [3.05, 3.63) is 54.4 Å². The van der Waals surface area contributed by atoms with E-state index in [1.54, 1.807) is 40.3 Å². The largest absolute Gasteiger partial charge is 0.325 e. The van der Waals surface area contributed by atoms with E-state index in [4.69, 9.17) is 0 Å². The van der Waals surface area contributed by atoms with Gasteiger partial charge in [-0.3, -0.25) is 4.79 Å². The molecule has 9 heteroatoms. The minimum Gasteiger partial charge on any atom is -0.325 e. The van der Waals surface area contributed by atoms with Crippen molar-refractivity contribution >= 4 is 44.4 Å². The molecule has 0 atom stereocenters. The Morgan fingerprint density at radius 2 is 1.72 bits per heavy atom. The zero-order chi connectivity index (χ0) is 22.6. The van der Waals surface area contributed by atoms with Crippen LogP contribution in [0.25, 0.3) is 11.0 Å². The average molecular weight is 473 g/mol. The highest BCUT2D eigenvalue weighted by molar-refractivity contribution is 7.97. The Balaban J connectivity index is 1.47. The van der Waals surface area contributed by atoms with E-state index in [2.05, 4.69) is 10.3 Å². The maximum Gasteiger partial charge on any atom is 0.244 e. The van der Waals surface area contributed by atoms with Crippen LogP contribution < -0.4 is 5.32 Å². The molecule has 0 spiro atoms. The van der Waals surface area contributed by atoms with Crippen molar-refractivity contribution in [1.29, 1.82) is 0 Å². The number of thioether (sulfide) groups is 1. The lowest BCUT2D eigenvalue weighted by Gasteiger charge is -2.20. The van der Waals surface area contributed by atoms with Crippen molar-refractivity contribution in [2.75, 3.05) is 24.7 Å². The first-order valence-electron chi connectivity index (χ1n) is 10.8. The number of carbonyl (C=O) groups excluding carboxylic acids is 1. The fourth-order valence-corrected chi connectivity index (χ4v) is 6.02. The first kappa shape index (κ1) is 22.8. The predicted molar refractivity (Wildman–Crippen MR) is 129 cm³/mol. The smallest absolute Gasteiger partial charge is 0.244 e. The van der Waals surface area contributed by atoms with Crippen LogP contribution in [-0.2, 0) is 27.1 Å². The van der Waals surface area contributed by atoms with Gasteiger partial charge in [0.25, 0.3) is 0 Å². The third-order valence-electron chi connectivity index (χ3n) is 5.65. The molecule has 1 aliphatic rings. The second kappa shape index (κ2) is 10.1. The summed E-state index contributed by atoms with van der Waals surface area (Å²) < 4.78 is 29.4. The highest BCUT2D eigenvalue weighted by Crippen LogP contribution is 2.23. The number of nitrogens with zero attached hydrogens (tertiary/aromatic N) is 3. The van der Waals surface area contributed by atoms with Gasteiger partial charge in [-0.2, -0.15) is 16.1 Å². The Morgan fingerprint density at radius 1 is 1.03 bits per heavy atom. The number of rotatable bonds is 7. The second-order valence-electron chi connectivity index (χ2n) is 7.93. The van der Waals surface area contributed by atoms with Gasteiger partial charge in [-0.25, -0.2) is 13.4 Å². The summed E-state index contributed by atoms with van der Waals surface area (Å²) in [6.45, 7) is 1.28.